The van der Waals surface area contributed by atoms with E-state index in [1.165, 1.54) is 0 Å². The second kappa shape index (κ2) is 5.34. The van der Waals surface area contributed by atoms with Crippen LogP contribution < -0.4 is 0 Å². The standard InChI is InChI=1S/C13H15ClN2O/c1-2-7-16-12-6-5-10(14)9-11(12)15-13(16)4-3-8-17/h2,5-6,9,17H,1,3-4,7-8H2. The van der Waals surface area contributed by atoms with E-state index in [0.717, 1.165) is 29.8 Å². The molecule has 3 nitrogen and oxygen atoms in total. The topological polar surface area (TPSA) is 38.0 Å². The molecule has 2 rings (SSSR count). The number of halogens is 1. The highest BCUT2D eigenvalue weighted by molar-refractivity contribution is 6.31. The molecule has 0 fully saturated rings. The zero-order valence-electron chi connectivity index (χ0n) is 9.56. The van der Waals surface area contributed by atoms with Crippen LogP contribution >= 0.6 is 11.6 Å². The Kier molecular flexibility index (Phi) is 3.82. The van der Waals surface area contributed by atoms with Gasteiger partial charge in [0.1, 0.15) is 5.82 Å². The summed E-state index contributed by atoms with van der Waals surface area (Å²) in [6.45, 7) is 4.66. The number of aryl methyl sites for hydroxylation is 1. The Morgan fingerprint density at radius 2 is 2.29 bits per heavy atom. The minimum atomic E-state index is 0.179. The molecule has 0 amide bonds. The first-order valence-electron chi connectivity index (χ1n) is 5.62. The molecule has 0 radical (unpaired) electrons. The molecule has 1 aromatic carbocycles. The van der Waals surface area contributed by atoms with Gasteiger partial charge in [0.05, 0.1) is 11.0 Å². The maximum Gasteiger partial charge on any atom is 0.110 e. The average Bonchev–Trinajstić information content (AvgIpc) is 2.64. The fourth-order valence-corrected chi connectivity index (χ4v) is 2.08. The Hall–Kier alpha value is -1.32. The van der Waals surface area contributed by atoms with Crippen molar-refractivity contribution in [1.82, 2.24) is 9.55 Å². The lowest BCUT2D eigenvalue weighted by Crippen LogP contribution is -2.03. The first kappa shape index (κ1) is 12.1. The van der Waals surface area contributed by atoms with E-state index in [2.05, 4.69) is 16.1 Å². The van der Waals surface area contributed by atoms with Crippen molar-refractivity contribution in [3.63, 3.8) is 0 Å². The van der Waals surface area contributed by atoms with Gasteiger partial charge in [-0.1, -0.05) is 17.7 Å². The average molecular weight is 251 g/mol. The van der Waals surface area contributed by atoms with E-state index in [9.17, 15) is 0 Å². The van der Waals surface area contributed by atoms with E-state index >= 15 is 0 Å². The van der Waals surface area contributed by atoms with E-state index in [-0.39, 0.29) is 6.61 Å². The molecule has 4 heteroatoms. The second-order valence-corrected chi connectivity index (χ2v) is 4.32. The van der Waals surface area contributed by atoms with Crippen molar-refractivity contribution in [3.05, 3.63) is 41.7 Å². The predicted octanol–water partition coefficient (Wildman–Crippen LogP) is 2.80. The van der Waals surface area contributed by atoms with Gasteiger partial charge < -0.3 is 9.67 Å². The zero-order valence-corrected chi connectivity index (χ0v) is 10.3. The molecule has 0 saturated carbocycles. The van der Waals surface area contributed by atoms with Gasteiger partial charge in [-0.3, -0.25) is 0 Å². The number of benzene rings is 1. The molecule has 17 heavy (non-hydrogen) atoms. The molecular weight excluding hydrogens is 236 g/mol. The first-order chi connectivity index (χ1) is 8.26. The highest BCUT2D eigenvalue weighted by atomic mass is 35.5. The molecule has 0 atom stereocenters. The summed E-state index contributed by atoms with van der Waals surface area (Å²) >= 11 is 5.95. The van der Waals surface area contributed by atoms with Crippen LogP contribution in [0.1, 0.15) is 12.2 Å². The third-order valence-electron chi connectivity index (χ3n) is 2.66. The van der Waals surface area contributed by atoms with Crippen molar-refractivity contribution in [2.24, 2.45) is 0 Å². The lowest BCUT2D eigenvalue weighted by molar-refractivity contribution is 0.287. The van der Waals surface area contributed by atoms with E-state index in [1.54, 1.807) is 0 Å². The lowest BCUT2D eigenvalue weighted by Gasteiger charge is -2.05. The Bertz CT molecular complexity index is 533. The van der Waals surface area contributed by atoms with Crippen molar-refractivity contribution in [2.45, 2.75) is 19.4 Å². The van der Waals surface area contributed by atoms with Crippen molar-refractivity contribution >= 4 is 22.6 Å². The summed E-state index contributed by atoms with van der Waals surface area (Å²) < 4.78 is 2.11. The van der Waals surface area contributed by atoms with Crippen LogP contribution in [-0.2, 0) is 13.0 Å². The summed E-state index contributed by atoms with van der Waals surface area (Å²) in [6.07, 6.45) is 3.32. The molecule has 1 heterocycles. The molecule has 0 spiro atoms. The highest BCUT2D eigenvalue weighted by Gasteiger charge is 2.09. The summed E-state index contributed by atoms with van der Waals surface area (Å²) in [6, 6.07) is 5.69. The molecule has 0 unspecified atom stereocenters. The molecule has 1 aromatic heterocycles. The van der Waals surface area contributed by atoms with Gasteiger partial charge in [0.2, 0.25) is 0 Å². The van der Waals surface area contributed by atoms with Gasteiger partial charge in [-0.2, -0.15) is 0 Å². The second-order valence-electron chi connectivity index (χ2n) is 3.89. The Balaban J connectivity index is 2.49. The molecule has 0 aliphatic carbocycles. The number of aliphatic hydroxyl groups is 1. The van der Waals surface area contributed by atoms with Crippen LogP contribution in [0.25, 0.3) is 11.0 Å². The number of hydrogen-bond donors (Lipinski definition) is 1. The number of rotatable bonds is 5. The number of aliphatic hydroxyl groups excluding tert-OH is 1. The number of fused-ring (bicyclic) bond motifs is 1. The van der Waals surface area contributed by atoms with Gasteiger partial charge in [-0.25, -0.2) is 4.98 Å². The number of allylic oxidation sites excluding steroid dienone is 1. The van der Waals surface area contributed by atoms with Crippen molar-refractivity contribution in [1.29, 1.82) is 0 Å². The molecular formula is C13H15ClN2O. The van der Waals surface area contributed by atoms with Crippen LogP contribution in [0, 0.1) is 0 Å². The van der Waals surface area contributed by atoms with Crippen LogP contribution in [-0.4, -0.2) is 21.3 Å². The van der Waals surface area contributed by atoms with Gasteiger partial charge in [0.15, 0.2) is 0 Å². The Morgan fingerprint density at radius 3 is 3.00 bits per heavy atom. The third-order valence-corrected chi connectivity index (χ3v) is 2.89. The van der Waals surface area contributed by atoms with Crippen LogP contribution in [0.15, 0.2) is 30.9 Å². The Labute approximate surface area is 105 Å². The summed E-state index contributed by atoms with van der Waals surface area (Å²) in [4.78, 5) is 4.55. The molecule has 0 aliphatic rings. The predicted molar refractivity (Wildman–Crippen MR) is 70.3 cm³/mol. The fraction of sp³-hybridized carbons (Fsp3) is 0.308. The largest absolute Gasteiger partial charge is 0.396 e. The first-order valence-corrected chi connectivity index (χ1v) is 6.00. The van der Waals surface area contributed by atoms with E-state index in [4.69, 9.17) is 16.7 Å². The van der Waals surface area contributed by atoms with Crippen LogP contribution in [0.2, 0.25) is 5.02 Å². The van der Waals surface area contributed by atoms with Crippen molar-refractivity contribution in [2.75, 3.05) is 6.61 Å². The summed E-state index contributed by atoms with van der Waals surface area (Å²) in [5, 5.41) is 9.58. The number of aromatic nitrogens is 2. The number of hydrogen-bond acceptors (Lipinski definition) is 2. The van der Waals surface area contributed by atoms with Crippen molar-refractivity contribution in [3.8, 4) is 0 Å². The maximum absolute atomic E-state index is 8.89. The molecule has 0 bridgehead atoms. The minimum Gasteiger partial charge on any atom is -0.396 e. The summed E-state index contributed by atoms with van der Waals surface area (Å²) in [7, 11) is 0. The van der Waals surface area contributed by atoms with Gasteiger partial charge >= 0.3 is 0 Å². The van der Waals surface area contributed by atoms with Gasteiger partial charge in [0.25, 0.3) is 0 Å². The van der Waals surface area contributed by atoms with E-state index in [1.807, 2.05) is 24.3 Å². The molecule has 0 saturated heterocycles. The third kappa shape index (κ3) is 2.51. The number of nitrogens with zero attached hydrogens (tertiary/aromatic N) is 2. The van der Waals surface area contributed by atoms with Crippen LogP contribution in [0.5, 0.6) is 0 Å². The normalized spacial score (nSPS) is 10.9. The van der Waals surface area contributed by atoms with Gasteiger partial charge in [-0.15, -0.1) is 6.58 Å². The van der Waals surface area contributed by atoms with Gasteiger partial charge in [-0.05, 0) is 24.6 Å². The quantitative estimate of drug-likeness (QED) is 0.829. The Morgan fingerprint density at radius 1 is 1.47 bits per heavy atom. The molecule has 0 aliphatic heterocycles. The summed E-state index contributed by atoms with van der Waals surface area (Å²) in [5.41, 5.74) is 1.95. The minimum absolute atomic E-state index is 0.179. The number of imidazole rings is 1. The fourth-order valence-electron chi connectivity index (χ4n) is 1.91. The zero-order chi connectivity index (χ0) is 12.3. The van der Waals surface area contributed by atoms with Crippen molar-refractivity contribution < 1.29 is 5.11 Å². The van der Waals surface area contributed by atoms with Gasteiger partial charge in [0, 0.05) is 24.6 Å². The lowest BCUT2D eigenvalue weighted by atomic mass is 10.3. The smallest absolute Gasteiger partial charge is 0.110 e. The molecule has 90 valence electrons. The maximum atomic E-state index is 8.89. The van der Waals surface area contributed by atoms with E-state index < -0.39 is 0 Å². The SMILES string of the molecule is C=CCn1c(CCCO)nc2cc(Cl)ccc21. The van der Waals surface area contributed by atoms with E-state index in [0.29, 0.717) is 11.4 Å². The highest BCUT2D eigenvalue weighted by Crippen LogP contribution is 2.21. The van der Waals surface area contributed by atoms with Crippen LogP contribution in [0.3, 0.4) is 0 Å². The summed E-state index contributed by atoms with van der Waals surface area (Å²) in [5.74, 6) is 0.969. The molecule has 1 N–H and O–H groups in total. The van der Waals surface area contributed by atoms with Crippen LogP contribution in [0.4, 0.5) is 0 Å². The molecule has 2 aromatic rings. The monoisotopic (exact) mass is 250 g/mol.